The van der Waals surface area contributed by atoms with E-state index >= 15 is 0 Å². The van der Waals surface area contributed by atoms with E-state index in [2.05, 4.69) is 29.6 Å². The molecule has 82 valence electrons. The van der Waals surface area contributed by atoms with E-state index in [0.717, 1.165) is 24.5 Å². The molecule has 1 aliphatic heterocycles. The maximum atomic E-state index is 9.01. The fraction of sp³-hybridized carbons (Fsp3) is 0.500. The monoisotopic (exact) mass is 223 g/mol. The number of hydrogen-bond acceptors (Lipinski definition) is 3. The van der Waals surface area contributed by atoms with Crippen LogP contribution >= 0.6 is 11.8 Å². The summed E-state index contributed by atoms with van der Waals surface area (Å²) < 4.78 is 0. The molecular formula is C12H17NOS. The molecular weight excluding hydrogens is 206 g/mol. The first-order valence-corrected chi connectivity index (χ1v) is 6.48. The zero-order chi connectivity index (χ0) is 10.6. The fourth-order valence-corrected chi connectivity index (χ4v) is 2.97. The van der Waals surface area contributed by atoms with Crippen LogP contribution < -0.4 is 5.32 Å². The largest absolute Gasteiger partial charge is 0.396 e. The highest BCUT2D eigenvalue weighted by Gasteiger charge is 2.36. The molecule has 1 aromatic rings. The Bertz CT molecular complexity index is 298. The van der Waals surface area contributed by atoms with Crippen molar-refractivity contribution in [3.8, 4) is 0 Å². The predicted molar refractivity (Wildman–Crippen MR) is 65.0 cm³/mol. The molecule has 2 N–H and O–H groups in total. The maximum absolute atomic E-state index is 9.01. The van der Waals surface area contributed by atoms with Crippen molar-refractivity contribution < 1.29 is 5.11 Å². The van der Waals surface area contributed by atoms with Crippen LogP contribution in [-0.2, 0) is 6.54 Å². The zero-order valence-corrected chi connectivity index (χ0v) is 9.59. The van der Waals surface area contributed by atoms with E-state index in [1.165, 1.54) is 5.56 Å². The van der Waals surface area contributed by atoms with E-state index in [1.807, 2.05) is 17.8 Å². The summed E-state index contributed by atoms with van der Waals surface area (Å²) in [6.45, 7) is 1.18. The van der Waals surface area contributed by atoms with Crippen LogP contribution in [0.25, 0.3) is 0 Å². The van der Waals surface area contributed by atoms with Gasteiger partial charge in [-0.1, -0.05) is 30.3 Å². The molecule has 1 aliphatic rings. The van der Waals surface area contributed by atoms with Crippen molar-refractivity contribution in [2.75, 3.05) is 18.1 Å². The van der Waals surface area contributed by atoms with Crippen LogP contribution in [0.5, 0.6) is 0 Å². The van der Waals surface area contributed by atoms with Crippen LogP contribution in [0.2, 0.25) is 0 Å². The highest BCUT2D eigenvalue weighted by atomic mass is 32.2. The number of nitrogens with one attached hydrogen (secondary N) is 1. The second-order valence-electron chi connectivity index (χ2n) is 4.09. The number of aliphatic hydroxyl groups is 1. The van der Waals surface area contributed by atoms with Crippen LogP contribution in [0.1, 0.15) is 12.0 Å². The van der Waals surface area contributed by atoms with Gasteiger partial charge in [-0.15, -0.1) is 0 Å². The average molecular weight is 223 g/mol. The van der Waals surface area contributed by atoms with Gasteiger partial charge in [-0.3, -0.25) is 0 Å². The molecule has 0 amide bonds. The molecule has 1 fully saturated rings. The van der Waals surface area contributed by atoms with Gasteiger partial charge in [0.25, 0.3) is 0 Å². The van der Waals surface area contributed by atoms with Gasteiger partial charge < -0.3 is 10.4 Å². The van der Waals surface area contributed by atoms with E-state index in [4.69, 9.17) is 5.11 Å². The summed E-state index contributed by atoms with van der Waals surface area (Å²) in [5, 5.41) is 12.6. The van der Waals surface area contributed by atoms with Gasteiger partial charge in [-0.05, 0) is 12.0 Å². The van der Waals surface area contributed by atoms with Crippen LogP contribution in [0.15, 0.2) is 30.3 Å². The Balaban J connectivity index is 1.86. The topological polar surface area (TPSA) is 32.3 Å². The van der Waals surface area contributed by atoms with Crippen molar-refractivity contribution >= 4 is 11.8 Å². The third kappa shape index (κ3) is 2.74. The Morgan fingerprint density at radius 2 is 2.00 bits per heavy atom. The van der Waals surface area contributed by atoms with Crippen molar-refractivity contribution in [3.05, 3.63) is 35.9 Å². The second kappa shape index (κ2) is 5.01. The smallest absolute Gasteiger partial charge is 0.0449 e. The van der Waals surface area contributed by atoms with E-state index in [9.17, 15) is 0 Å². The Morgan fingerprint density at radius 1 is 1.27 bits per heavy atom. The molecule has 3 heteroatoms. The molecule has 0 aromatic heterocycles. The second-order valence-corrected chi connectivity index (χ2v) is 5.07. The van der Waals surface area contributed by atoms with Crippen molar-refractivity contribution in [1.29, 1.82) is 0 Å². The summed E-state index contributed by atoms with van der Waals surface area (Å²) in [6, 6.07) is 10.4. The van der Waals surface area contributed by atoms with Gasteiger partial charge in [0.2, 0.25) is 0 Å². The van der Waals surface area contributed by atoms with Crippen LogP contribution in [0.4, 0.5) is 0 Å². The van der Waals surface area contributed by atoms with Gasteiger partial charge in [0.1, 0.15) is 0 Å². The SMILES string of the molecule is OCCC1(NCc2ccccc2)CSC1. The van der Waals surface area contributed by atoms with Gasteiger partial charge in [-0.25, -0.2) is 0 Å². The van der Waals surface area contributed by atoms with Crippen molar-refractivity contribution in [3.63, 3.8) is 0 Å². The molecule has 2 nitrogen and oxygen atoms in total. The quantitative estimate of drug-likeness (QED) is 0.796. The van der Waals surface area contributed by atoms with Crippen molar-refractivity contribution in [2.24, 2.45) is 0 Å². The first-order chi connectivity index (χ1) is 7.35. The Kier molecular flexibility index (Phi) is 3.67. The minimum Gasteiger partial charge on any atom is -0.396 e. The molecule has 0 unspecified atom stereocenters. The minimum atomic E-state index is 0.190. The standard InChI is InChI=1S/C12H17NOS/c14-7-6-12(9-15-10-12)13-8-11-4-2-1-3-5-11/h1-5,13-14H,6-10H2. The van der Waals surface area contributed by atoms with Gasteiger partial charge in [0.05, 0.1) is 0 Å². The maximum Gasteiger partial charge on any atom is 0.0449 e. The Hall–Kier alpha value is -0.510. The summed E-state index contributed by atoms with van der Waals surface area (Å²) in [5.74, 6) is 2.25. The molecule has 0 bridgehead atoms. The highest BCUT2D eigenvalue weighted by Crippen LogP contribution is 2.32. The Labute approximate surface area is 95.1 Å². The molecule has 0 radical (unpaired) electrons. The molecule has 0 aliphatic carbocycles. The number of hydrogen-bond donors (Lipinski definition) is 2. The molecule has 15 heavy (non-hydrogen) atoms. The molecule has 0 atom stereocenters. The lowest BCUT2D eigenvalue weighted by Gasteiger charge is -2.42. The van der Waals surface area contributed by atoms with Gasteiger partial charge >= 0.3 is 0 Å². The molecule has 2 rings (SSSR count). The number of aliphatic hydroxyl groups excluding tert-OH is 1. The van der Waals surface area contributed by atoms with E-state index in [-0.39, 0.29) is 12.1 Å². The number of rotatable bonds is 5. The molecule has 1 saturated heterocycles. The first kappa shape index (κ1) is 11.0. The van der Waals surface area contributed by atoms with Gasteiger partial charge in [-0.2, -0.15) is 11.8 Å². The summed E-state index contributed by atoms with van der Waals surface area (Å²) in [4.78, 5) is 0. The summed E-state index contributed by atoms with van der Waals surface area (Å²) >= 11 is 1.95. The van der Waals surface area contributed by atoms with Crippen LogP contribution in [-0.4, -0.2) is 28.8 Å². The molecule has 0 saturated carbocycles. The highest BCUT2D eigenvalue weighted by molar-refractivity contribution is 8.00. The molecule has 0 spiro atoms. The number of thioether (sulfide) groups is 1. The summed E-state index contributed by atoms with van der Waals surface area (Å²) in [7, 11) is 0. The Morgan fingerprint density at radius 3 is 2.53 bits per heavy atom. The minimum absolute atomic E-state index is 0.190. The average Bonchev–Trinajstić information content (AvgIpc) is 2.23. The fourth-order valence-electron chi connectivity index (χ4n) is 1.78. The summed E-state index contributed by atoms with van der Waals surface area (Å²) in [5.41, 5.74) is 1.50. The lowest BCUT2D eigenvalue weighted by atomic mass is 9.99. The van der Waals surface area contributed by atoms with E-state index < -0.39 is 0 Å². The van der Waals surface area contributed by atoms with E-state index in [0.29, 0.717) is 0 Å². The summed E-state index contributed by atoms with van der Waals surface area (Å²) in [6.07, 6.45) is 0.868. The zero-order valence-electron chi connectivity index (χ0n) is 8.78. The first-order valence-electron chi connectivity index (χ1n) is 5.32. The van der Waals surface area contributed by atoms with Crippen molar-refractivity contribution in [1.82, 2.24) is 5.32 Å². The third-order valence-corrected chi connectivity index (χ3v) is 4.37. The van der Waals surface area contributed by atoms with Crippen molar-refractivity contribution in [2.45, 2.75) is 18.5 Å². The molecule has 1 aromatic carbocycles. The third-order valence-electron chi connectivity index (χ3n) is 2.86. The van der Waals surface area contributed by atoms with E-state index in [1.54, 1.807) is 0 Å². The van der Waals surface area contributed by atoms with Crippen LogP contribution in [0.3, 0.4) is 0 Å². The lowest BCUT2D eigenvalue weighted by molar-refractivity contribution is 0.229. The normalized spacial score (nSPS) is 18.5. The van der Waals surface area contributed by atoms with Gasteiger partial charge in [0, 0.05) is 30.2 Å². The van der Waals surface area contributed by atoms with Gasteiger partial charge in [0.15, 0.2) is 0 Å². The predicted octanol–water partition coefficient (Wildman–Crippen LogP) is 1.64. The number of benzene rings is 1. The molecule has 1 heterocycles. The lowest BCUT2D eigenvalue weighted by Crippen LogP contribution is -2.56. The van der Waals surface area contributed by atoms with Crippen LogP contribution in [0, 0.1) is 0 Å².